The van der Waals surface area contributed by atoms with E-state index in [2.05, 4.69) is 0 Å². The molecule has 80 valence electrons. The van der Waals surface area contributed by atoms with Crippen LogP contribution < -0.4 is 0 Å². The number of ether oxygens (including phenoxy) is 1. The van der Waals surface area contributed by atoms with Gasteiger partial charge in [0.1, 0.15) is 0 Å². The van der Waals surface area contributed by atoms with Gasteiger partial charge in [0, 0.05) is 5.57 Å². The first-order valence-electron chi connectivity index (χ1n) is 5.39. The summed E-state index contributed by atoms with van der Waals surface area (Å²) in [5.41, 5.74) is 0.658. The maximum absolute atomic E-state index is 11.5. The smallest absolute Gasteiger partial charge is 0.341 e. The zero-order chi connectivity index (χ0) is 10.7. The second kappa shape index (κ2) is 4.43. The number of hydrogen-bond acceptors (Lipinski definition) is 3. The predicted molar refractivity (Wildman–Crippen MR) is 54.9 cm³/mol. The van der Waals surface area contributed by atoms with E-state index in [0.717, 1.165) is 32.1 Å². The molecule has 3 nitrogen and oxygen atoms in total. The van der Waals surface area contributed by atoms with Crippen molar-refractivity contribution >= 4 is 11.9 Å². The van der Waals surface area contributed by atoms with Crippen molar-refractivity contribution in [2.45, 2.75) is 32.1 Å². The number of rotatable bonds is 2. The Balaban J connectivity index is 1.88. The predicted octanol–water partition coefficient (Wildman–Crippen LogP) is 2.13. The minimum Gasteiger partial charge on any atom is -0.389 e. The molecule has 0 aromatic heterocycles. The van der Waals surface area contributed by atoms with Gasteiger partial charge in [0.05, 0.1) is 5.92 Å². The number of hydrogen-bond donors (Lipinski definition) is 0. The van der Waals surface area contributed by atoms with Crippen molar-refractivity contribution in [3.63, 3.8) is 0 Å². The highest BCUT2D eigenvalue weighted by Crippen LogP contribution is 2.22. The minimum absolute atomic E-state index is 0.212. The summed E-state index contributed by atoms with van der Waals surface area (Å²) in [6.45, 7) is 0. The van der Waals surface area contributed by atoms with Crippen LogP contribution in [0.2, 0.25) is 0 Å². The van der Waals surface area contributed by atoms with Crippen LogP contribution in [0.1, 0.15) is 32.1 Å². The van der Waals surface area contributed by atoms with Gasteiger partial charge in [-0.15, -0.1) is 0 Å². The van der Waals surface area contributed by atoms with Crippen LogP contribution >= 0.6 is 0 Å². The molecule has 2 aliphatic carbocycles. The number of allylic oxidation sites excluding steroid dienone is 2. The molecule has 1 atom stereocenters. The van der Waals surface area contributed by atoms with Crippen LogP contribution in [-0.4, -0.2) is 11.9 Å². The van der Waals surface area contributed by atoms with Crippen LogP contribution in [0, 0.1) is 5.92 Å². The highest BCUT2D eigenvalue weighted by molar-refractivity contribution is 5.97. The molecule has 0 amide bonds. The van der Waals surface area contributed by atoms with Crippen LogP contribution in [0.4, 0.5) is 0 Å². The van der Waals surface area contributed by atoms with Gasteiger partial charge < -0.3 is 4.74 Å². The van der Waals surface area contributed by atoms with Crippen LogP contribution in [0.3, 0.4) is 0 Å². The van der Waals surface area contributed by atoms with Gasteiger partial charge >= 0.3 is 11.9 Å². The van der Waals surface area contributed by atoms with Crippen LogP contribution in [-0.2, 0) is 14.3 Å². The molecule has 0 aromatic carbocycles. The topological polar surface area (TPSA) is 43.4 Å². The highest BCUT2D eigenvalue weighted by Gasteiger charge is 2.24. The normalized spacial score (nSPS) is 24.0. The molecule has 0 aliphatic heterocycles. The van der Waals surface area contributed by atoms with Gasteiger partial charge in [0.25, 0.3) is 0 Å². The van der Waals surface area contributed by atoms with Gasteiger partial charge in [-0.2, -0.15) is 0 Å². The third-order valence-corrected chi connectivity index (χ3v) is 2.81. The lowest BCUT2D eigenvalue weighted by Gasteiger charge is -2.07. The van der Waals surface area contributed by atoms with Gasteiger partial charge in [0.15, 0.2) is 0 Å². The lowest BCUT2D eigenvalue weighted by Crippen LogP contribution is -2.19. The van der Waals surface area contributed by atoms with Gasteiger partial charge in [-0.3, -0.25) is 4.79 Å². The fourth-order valence-electron chi connectivity index (χ4n) is 1.92. The van der Waals surface area contributed by atoms with E-state index in [1.807, 2.05) is 18.2 Å². The Bertz CT molecular complexity index is 339. The van der Waals surface area contributed by atoms with Crippen molar-refractivity contribution in [2.24, 2.45) is 5.92 Å². The zero-order valence-corrected chi connectivity index (χ0v) is 8.57. The molecular weight excluding hydrogens is 192 g/mol. The fraction of sp³-hybridized carbons (Fsp3) is 0.500. The quantitative estimate of drug-likeness (QED) is 0.395. The molecule has 15 heavy (non-hydrogen) atoms. The van der Waals surface area contributed by atoms with Crippen LogP contribution in [0.25, 0.3) is 0 Å². The fourth-order valence-corrected chi connectivity index (χ4v) is 1.92. The Morgan fingerprint density at radius 2 is 2.20 bits per heavy atom. The van der Waals surface area contributed by atoms with Gasteiger partial charge in [-0.25, -0.2) is 4.79 Å². The second-order valence-electron chi connectivity index (χ2n) is 3.94. The van der Waals surface area contributed by atoms with Crippen molar-refractivity contribution < 1.29 is 14.3 Å². The molecule has 2 aliphatic rings. The lowest BCUT2D eigenvalue weighted by molar-refractivity contribution is -0.159. The summed E-state index contributed by atoms with van der Waals surface area (Å²) in [5, 5.41) is 0. The third-order valence-electron chi connectivity index (χ3n) is 2.81. The molecular formula is C12H14O3. The van der Waals surface area contributed by atoms with Crippen molar-refractivity contribution in [1.82, 2.24) is 0 Å². The minimum atomic E-state index is -0.446. The summed E-state index contributed by atoms with van der Waals surface area (Å²) in [6.07, 6.45) is 9.95. The lowest BCUT2D eigenvalue weighted by atomic mass is 10.1. The first-order valence-corrected chi connectivity index (χ1v) is 5.39. The molecule has 0 aromatic rings. The highest BCUT2D eigenvalue weighted by atomic mass is 16.6. The number of carbonyl (C=O) groups excluding carboxylic acids is 2. The summed E-state index contributed by atoms with van der Waals surface area (Å²) in [6, 6.07) is 0. The molecule has 1 unspecified atom stereocenters. The molecule has 0 spiro atoms. The monoisotopic (exact) mass is 206 g/mol. The average Bonchev–Trinajstić information content (AvgIpc) is 2.91. The third kappa shape index (κ3) is 2.35. The number of esters is 2. The average molecular weight is 206 g/mol. The molecule has 3 heteroatoms. The Kier molecular flexibility index (Phi) is 2.99. The van der Waals surface area contributed by atoms with E-state index in [4.69, 9.17) is 4.74 Å². The Hall–Kier alpha value is -1.38. The van der Waals surface area contributed by atoms with E-state index >= 15 is 0 Å². The molecule has 0 saturated carbocycles. The molecule has 0 N–H and O–H groups in total. The first-order chi connectivity index (χ1) is 7.27. The number of carbonyl (C=O) groups is 2. The van der Waals surface area contributed by atoms with E-state index in [9.17, 15) is 9.59 Å². The standard InChI is InChI=1S/C12H14O3/c13-11(9-5-1-2-6-9)15-12(14)10-7-3-4-8-10/h1,5,7,9H,2-4,6,8H2. The summed E-state index contributed by atoms with van der Waals surface area (Å²) in [7, 11) is 0. The first kappa shape index (κ1) is 10.1. The molecule has 0 saturated heterocycles. The van der Waals surface area contributed by atoms with Crippen molar-refractivity contribution in [1.29, 1.82) is 0 Å². The van der Waals surface area contributed by atoms with E-state index in [1.165, 1.54) is 0 Å². The Labute approximate surface area is 88.8 Å². The van der Waals surface area contributed by atoms with Crippen LogP contribution in [0.5, 0.6) is 0 Å². The van der Waals surface area contributed by atoms with Crippen molar-refractivity contribution in [3.8, 4) is 0 Å². The summed E-state index contributed by atoms with van der Waals surface area (Å²) >= 11 is 0. The summed E-state index contributed by atoms with van der Waals surface area (Å²) < 4.78 is 4.82. The van der Waals surface area contributed by atoms with Crippen LogP contribution in [0.15, 0.2) is 23.8 Å². The van der Waals surface area contributed by atoms with Gasteiger partial charge in [-0.1, -0.05) is 18.2 Å². The maximum atomic E-state index is 11.5. The second-order valence-corrected chi connectivity index (χ2v) is 3.94. The van der Waals surface area contributed by atoms with E-state index in [1.54, 1.807) is 0 Å². The molecule has 0 radical (unpaired) electrons. The van der Waals surface area contributed by atoms with Crippen molar-refractivity contribution in [2.75, 3.05) is 0 Å². The van der Waals surface area contributed by atoms with Crippen molar-refractivity contribution in [3.05, 3.63) is 23.8 Å². The molecule has 0 heterocycles. The van der Waals surface area contributed by atoms with E-state index in [-0.39, 0.29) is 5.92 Å². The zero-order valence-electron chi connectivity index (χ0n) is 8.57. The summed E-state index contributed by atoms with van der Waals surface area (Å²) in [4.78, 5) is 23.0. The molecule has 0 bridgehead atoms. The van der Waals surface area contributed by atoms with E-state index in [0.29, 0.717) is 5.57 Å². The van der Waals surface area contributed by atoms with E-state index < -0.39 is 11.9 Å². The maximum Gasteiger partial charge on any atom is 0.341 e. The van der Waals surface area contributed by atoms with Gasteiger partial charge in [0.2, 0.25) is 0 Å². The SMILES string of the molecule is O=C(OC(=O)C1C=CCC1)C1=CCCC1. The Morgan fingerprint density at radius 1 is 1.33 bits per heavy atom. The summed E-state index contributed by atoms with van der Waals surface area (Å²) in [5.74, 6) is -1.06. The van der Waals surface area contributed by atoms with Gasteiger partial charge in [-0.05, 0) is 32.1 Å². The largest absolute Gasteiger partial charge is 0.389 e. The molecule has 2 rings (SSSR count). The molecule has 0 fully saturated rings. The Morgan fingerprint density at radius 3 is 2.80 bits per heavy atom.